The van der Waals surface area contributed by atoms with Gasteiger partial charge in [0.1, 0.15) is 0 Å². The van der Waals surface area contributed by atoms with Gasteiger partial charge < -0.3 is 9.13 Å². The number of hydrazone groups is 2. The molecule has 0 aliphatic heterocycles. The fraction of sp³-hybridized carbons (Fsp3) is 0.167. The van der Waals surface area contributed by atoms with Crippen molar-refractivity contribution in [3.05, 3.63) is 204 Å². The van der Waals surface area contributed by atoms with E-state index in [2.05, 4.69) is 169 Å². The summed E-state index contributed by atoms with van der Waals surface area (Å²) in [4.78, 5) is 0. The maximum absolute atomic E-state index is 4.84. The zero-order valence-corrected chi connectivity index (χ0v) is 38.4. The second-order valence-corrected chi connectivity index (χ2v) is 17.4. The van der Waals surface area contributed by atoms with Crippen molar-refractivity contribution in [1.29, 1.82) is 0 Å². The first-order valence-electron chi connectivity index (χ1n) is 23.5. The number of rotatable bonds is 15. The highest BCUT2D eigenvalue weighted by molar-refractivity contribution is 6.14. The predicted octanol–water partition coefficient (Wildman–Crippen LogP) is 15.2. The molecule has 0 saturated carbocycles. The smallest absolute Gasteiger partial charge is 0.0590 e. The largest absolute Gasteiger partial charge is 0.309 e. The molecule has 10 aromatic rings. The number of unbranched alkanes of at least 4 members (excludes halogenated alkanes) is 2. The molecule has 0 amide bonds. The number of fused-ring (bicyclic) bond motifs is 6. The molecule has 326 valence electrons. The minimum Gasteiger partial charge on any atom is -0.309 e. The van der Waals surface area contributed by atoms with Crippen LogP contribution in [0.2, 0.25) is 0 Å². The van der Waals surface area contributed by atoms with E-state index >= 15 is 0 Å². The second kappa shape index (κ2) is 18.8. The van der Waals surface area contributed by atoms with E-state index in [1.54, 1.807) is 0 Å². The third kappa shape index (κ3) is 8.50. The molecule has 10 rings (SSSR count). The molecule has 0 bridgehead atoms. The normalized spacial score (nSPS) is 11.9. The lowest BCUT2D eigenvalue weighted by Crippen LogP contribution is -2.08. The zero-order valence-electron chi connectivity index (χ0n) is 38.4. The van der Waals surface area contributed by atoms with E-state index < -0.39 is 0 Å². The standard InChI is InChI=1S/C60H56N6/c1-5-7-15-43-21-29-51(30-22-43)65-57-33-25-45(41-61-63(3)49-17-11-9-12-18-49)37-53(57)55-39-47(27-35-59(55)65)48-28-36-60-56(40-48)54-38-46(42-62-64(4)50-19-13-10-14-20-50)26-34-58(54)66(60)52-31-23-44(24-32-52)16-8-6-2/h9-14,17-42H,5-8,15-16H2,1-4H3/b61-41+,62-42+. The van der Waals surface area contributed by atoms with Gasteiger partial charge in [-0.25, -0.2) is 0 Å². The van der Waals surface area contributed by atoms with Crippen molar-refractivity contribution in [2.75, 3.05) is 24.1 Å². The van der Waals surface area contributed by atoms with Crippen molar-refractivity contribution < 1.29 is 0 Å². The summed E-state index contributed by atoms with van der Waals surface area (Å²) in [6.45, 7) is 4.51. The number of aryl methyl sites for hydroxylation is 2. The zero-order chi connectivity index (χ0) is 45.0. The molecular formula is C60H56N6. The average Bonchev–Trinajstić information content (AvgIpc) is 3.88. The molecule has 6 nitrogen and oxygen atoms in total. The SMILES string of the molecule is CCCCc1ccc(-n2c3ccc(/C=N/N(C)c4ccccc4)cc3c3cc(-c4ccc5c(c4)c4cc(/C=N/N(C)c6ccccc6)ccc4n5-c4ccc(CCCC)cc4)ccc32)cc1. The van der Waals surface area contributed by atoms with Crippen molar-refractivity contribution in [2.24, 2.45) is 10.2 Å². The van der Waals surface area contributed by atoms with Crippen molar-refractivity contribution in [3.8, 4) is 22.5 Å². The molecule has 2 aromatic heterocycles. The summed E-state index contributed by atoms with van der Waals surface area (Å²) >= 11 is 0. The number of nitrogens with zero attached hydrogens (tertiary/aromatic N) is 6. The molecule has 0 fully saturated rings. The molecule has 8 aromatic carbocycles. The average molecular weight is 861 g/mol. The van der Waals surface area contributed by atoms with E-state index in [9.17, 15) is 0 Å². The first-order chi connectivity index (χ1) is 32.4. The fourth-order valence-corrected chi connectivity index (χ4v) is 9.27. The number of anilines is 2. The number of hydrogen-bond donors (Lipinski definition) is 0. The van der Waals surface area contributed by atoms with E-state index in [1.807, 2.05) is 72.9 Å². The van der Waals surface area contributed by atoms with Gasteiger partial charge in [0.25, 0.3) is 0 Å². The van der Waals surface area contributed by atoms with Crippen molar-refractivity contribution >= 4 is 67.4 Å². The molecule has 0 saturated heterocycles. The monoisotopic (exact) mass is 860 g/mol. The Labute approximate surface area is 388 Å². The van der Waals surface area contributed by atoms with Crippen molar-refractivity contribution in [1.82, 2.24) is 9.13 Å². The molecule has 0 unspecified atom stereocenters. The van der Waals surface area contributed by atoms with Gasteiger partial charge in [-0.1, -0.05) is 112 Å². The molecule has 0 N–H and O–H groups in total. The molecule has 0 atom stereocenters. The summed E-state index contributed by atoms with van der Waals surface area (Å²) in [7, 11) is 3.98. The van der Waals surface area contributed by atoms with E-state index in [1.165, 1.54) is 91.5 Å². The van der Waals surface area contributed by atoms with Crippen LogP contribution in [0.1, 0.15) is 61.8 Å². The van der Waals surface area contributed by atoms with Crippen LogP contribution in [0.4, 0.5) is 11.4 Å². The van der Waals surface area contributed by atoms with Crippen LogP contribution in [0.5, 0.6) is 0 Å². The van der Waals surface area contributed by atoms with Gasteiger partial charge in [-0.2, -0.15) is 10.2 Å². The Morgan fingerprint density at radius 3 is 1.15 bits per heavy atom. The van der Waals surface area contributed by atoms with Gasteiger partial charge in [-0.3, -0.25) is 10.0 Å². The maximum Gasteiger partial charge on any atom is 0.0590 e. The molecule has 0 radical (unpaired) electrons. The Kier molecular flexibility index (Phi) is 12.0. The van der Waals surface area contributed by atoms with Crippen molar-refractivity contribution in [3.63, 3.8) is 0 Å². The van der Waals surface area contributed by atoms with Crippen LogP contribution in [0.15, 0.2) is 192 Å². The number of benzene rings is 8. The third-order valence-corrected chi connectivity index (χ3v) is 13.0. The van der Waals surface area contributed by atoms with Gasteiger partial charge in [-0.05, 0) is 156 Å². The highest BCUT2D eigenvalue weighted by Gasteiger charge is 2.17. The maximum atomic E-state index is 4.84. The van der Waals surface area contributed by atoms with Crippen LogP contribution in [0.25, 0.3) is 66.1 Å². The molecule has 0 spiro atoms. The molecule has 66 heavy (non-hydrogen) atoms. The number of para-hydroxylation sites is 2. The summed E-state index contributed by atoms with van der Waals surface area (Å²) < 4.78 is 4.83. The van der Waals surface area contributed by atoms with Gasteiger partial charge in [0.05, 0.1) is 45.9 Å². The lowest BCUT2D eigenvalue weighted by atomic mass is 10.00. The first kappa shape index (κ1) is 42.3. The summed E-state index contributed by atoms with van der Waals surface area (Å²) in [6.07, 6.45) is 10.9. The first-order valence-corrected chi connectivity index (χ1v) is 23.5. The lowest BCUT2D eigenvalue weighted by molar-refractivity contribution is 0.795. The van der Waals surface area contributed by atoms with Gasteiger partial charge in [0.15, 0.2) is 0 Å². The number of hydrogen-bond acceptors (Lipinski definition) is 4. The van der Waals surface area contributed by atoms with Crippen LogP contribution < -0.4 is 10.0 Å². The molecular weight excluding hydrogens is 805 g/mol. The van der Waals surface area contributed by atoms with Gasteiger partial charge in [0, 0.05) is 47.0 Å². The second-order valence-electron chi connectivity index (χ2n) is 17.4. The van der Waals surface area contributed by atoms with Crippen molar-refractivity contribution in [2.45, 2.75) is 52.4 Å². The Bertz CT molecular complexity index is 3110. The third-order valence-electron chi connectivity index (χ3n) is 13.0. The van der Waals surface area contributed by atoms with E-state index in [4.69, 9.17) is 10.2 Å². The highest BCUT2D eigenvalue weighted by Crippen LogP contribution is 2.39. The van der Waals surface area contributed by atoms with E-state index in [0.29, 0.717) is 0 Å². The quantitative estimate of drug-likeness (QED) is 0.0761. The Hall–Kier alpha value is -7.70. The summed E-state index contributed by atoms with van der Waals surface area (Å²) in [5.74, 6) is 0. The molecule has 0 aliphatic rings. The summed E-state index contributed by atoms with van der Waals surface area (Å²) in [6, 6.07) is 66.2. The van der Waals surface area contributed by atoms with Crippen LogP contribution >= 0.6 is 0 Å². The van der Waals surface area contributed by atoms with Gasteiger partial charge >= 0.3 is 0 Å². The Morgan fingerprint density at radius 1 is 0.409 bits per heavy atom. The topological polar surface area (TPSA) is 41.1 Å². The van der Waals surface area contributed by atoms with E-state index in [0.717, 1.165) is 46.7 Å². The minimum atomic E-state index is 1.04. The van der Waals surface area contributed by atoms with Crippen LogP contribution in [0.3, 0.4) is 0 Å². The molecule has 2 heterocycles. The Morgan fingerprint density at radius 2 is 0.773 bits per heavy atom. The molecule has 6 heteroatoms. The summed E-state index contributed by atoms with van der Waals surface area (Å²) in [5, 5.41) is 18.3. The summed E-state index contributed by atoms with van der Waals surface area (Å²) in [5.41, 5.74) is 16.3. The number of aromatic nitrogens is 2. The lowest BCUT2D eigenvalue weighted by Gasteiger charge is -2.12. The van der Waals surface area contributed by atoms with E-state index in [-0.39, 0.29) is 0 Å². The van der Waals surface area contributed by atoms with Gasteiger partial charge in [-0.15, -0.1) is 0 Å². The Balaban J connectivity index is 1.10. The van der Waals surface area contributed by atoms with Crippen LogP contribution in [0, 0.1) is 0 Å². The minimum absolute atomic E-state index is 1.04. The van der Waals surface area contributed by atoms with Crippen LogP contribution in [-0.4, -0.2) is 35.7 Å². The molecule has 0 aliphatic carbocycles. The van der Waals surface area contributed by atoms with Crippen LogP contribution in [-0.2, 0) is 12.8 Å². The highest BCUT2D eigenvalue weighted by atomic mass is 15.4. The fourth-order valence-electron chi connectivity index (χ4n) is 9.27. The predicted molar refractivity (Wildman–Crippen MR) is 283 cm³/mol. The van der Waals surface area contributed by atoms with Gasteiger partial charge in [0.2, 0.25) is 0 Å².